The first-order chi connectivity index (χ1) is 9.10. The van der Waals surface area contributed by atoms with Gasteiger partial charge in [0.2, 0.25) is 5.91 Å². The Morgan fingerprint density at radius 3 is 3.00 bits per heavy atom. The first-order valence-electron chi connectivity index (χ1n) is 6.35. The van der Waals surface area contributed by atoms with E-state index in [4.69, 9.17) is 15.6 Å². The molecule has 9 nitrogen and oxygen atoms in total. The van der Waals surface area contributed by atoms with Crippen molar-refractivity contribution >= 4 is 5.91 Å². The van der Waals surface area contributed by atoms with Crippen LogP contribution >= 0.6 is 0 Å². The predicted molar refractivity (Wildman–Crippen MR) is 63.0 cm³/mol. The van der Waals surface area contributed by atoms with Gasteiger partial charge in [0, 0.05) is 6.42 Å². The Hall–Kier alpha value is -0.810. The van der Waals surface area contributed by atoms with Gasteiger partial charge in [-0.3, -0.25) is 21.2 Å². The number of ether oxygens (including phenoxy) is 1. The number of hydrogen-bond donors (Lipinski definition) is 6. The maximum absolute atomic E-state index is 11.8. The van der Waals surface area contributed by atoms with Gasteiger partial charge in [0.1, 0.15) is 24.7 Å². The molecule has 7 N–H and O–H groups in total. The average Bonchev–Trinajstić information content (AvgIpc) is 2.92. The lowest BCUT2D eigenvalue weighted by atomic mass is 10.1. The highest BCUT2D eigenvalue weighted by atomic mass is 16.5. The van der Waals surface area contributed by atoms with E-state index in [0.717, 1.165) is 0 Å². The van der Waals surface area contributed by atoms with Gasteiger partial charge < -0.3 is 20.3 Å². The first-order valence-corrected chi connectivity index (χ1v) is 6.35. The molecule has 3 unspecified atom stereocenters. The lowest BCUT2D eigenvalue weighted by Gasteiger charge is -2.37. The summed E-state index contributed by atoms with van der Waals surface area (Å²) in [6, 6.07) is -0.395. The van der Waals surface area contributed by atoms with Crippen LogP contribution in [-0.2, 0) is 9.53 Å². The molecule has 9 heteroatoms. The molecule has 0 saturated carbocycles. The van der Waals surface area contributed by atoms with Crippen molar-refractivity contribution in [2.24, 2.45) is 5.73 Å². The van der Waals surface area contributed by atoms with E-state index in [1.807, 2.05) is 4.90 Å². The number of amides is 1. The molecule has 0 aromatic rings. The van der Waals surface area contributed by atoms with Crippen molar-refractivity contribution in [2.75, 3.05) is 13.3 Å². The molecular weight excluding hydrogens is 254 g/mol. The minimum absolute atomic E-state index is 0.156. The average molecular weight is 273 g/mol. The fraction of sp³-hybridized carbons (Fsp3) is 0.900. The largest absolute Gasteiger partial charge is 0.394 e. The molecule has 3 fully saturated rings. The van der Waals surface area contributed by atoms with Crippen LogP contribution in [0.25, 0.3) is 0 Å². The summed E-state index contributed by atoms with van der Waals surface area (Å²) in [5.41, 5.74) is 5.70. The van der Waals surface area contributed by atoms with Crippen LogP contribution in [0, 0.1) is 0 Å². The van der Waals surface area contributed by atoms with Crippen molar-refractivity contribution in [3.8, 4) is 0 Å². The van der Waals surface area contributed by atoms with Gasteiger partial charge in [0.05, 0.1) is 25.5 Å². The smallest absolute Gasteiger partial charge is 0.242 e. The second-order valence-electron chi connectivity index (χ2n) is 5.07. The van der Waals surface area contributed by atoms with Crippen molar-refractivity contribution in [1.29, 1.82) is 0 Å². The number of nitrogens with two attached hydrogens (primary N) is 1. The molecule has 0 bridgehead atoms. The van der Waals surface area contributed by atoms with Gasteiger partial charge in [0.25, 0.3) is 0 Å². The van der Waals surface area contributed by atoms with Gasteiger partial charge in [-0.05, 0) is 0 Å². The summed E-state index contributed by atoms with van der Waals surface area (Å²) in [6.45, 7) is 0.235. The van der Waals surface area contributed by atoms with Gasteiger partial charge in [-0.25, -0.2) is 4.90 Å². The Morgan fingerprint density at radius 2 is 2.32 bits per heavy atom. The highest BCUT2D eigenvalue weighted by Gasteiger charge is 2.48. The maximum Gasteiger partial charge on any atom is 0.242 e. The second kappa shape index (κ2) is 4.94. The van der Waals surface area contributed by atoms with Crippen molar-refractivity contribution in [2.45, 2.75) is 43.4 Å². The molecule has 0 aliphatic carbocycles. The quantitative estimate of drug-likeness (QED) is 0.300. The van der Waals surface area contributed by atoms with Crippen LogP contribution in [0.4, 0.5) is 0 Å². The molecule has 19 heavy (non-hydrogen) atoms. The lowest BCUT2D eigenvalue weighted by Crippen LogP contribution is -2.70. The molecule has 0 radical (unpaired) electrons. The zero-order valence-corrected chi connectivity index (χ0v) is 10.3. The summed E-state index contributed by atoms with van der Waals surface area (Å²) in [6.07, 6.45) is -2.10. The highest BCUT2D eigenvalue weighted by Crippen LogP contribution is 2.27. The van der Waals surface area contributed by atoms with Crippen LogP contribution in [0.3, 0.4) is 0 Å². The number of nitrogens with one attached hydrogen (secondary N) is 3. The van der Waals surface area contributed by atoms with Crippen LogP contribution in [0.1, 0.15) is 6.42 Å². The predicted octanol–water partition coefficient (Wildman–Crippen LogP) is -4.03. The monoisotopic (exact) mass is 273 g/mol. The SMILES string of the molecule is NC1NC(=O)C2NCN([C@@H]3C[C@H](O)[C@@H](CO)O3)C2N1. The molecule has 1 amide bonds. The molecule has 3 aliphatic rings. The third-order valence-corrected chi connectivity index (χ3v) is 3.85. The third kappa shape index (κ3) is 2.23. The summed E-state index contributed by atoms with van der Waals surface area (Å²) in [5, 5.41) is 27.6. The van der Waals surface area contributed by atoms with E-state index in [1.54, 1.807) is 0 Å². The summed E-state index contributed by atoms with van der Waals surface area (Å²) in [5.74, 6) is -0.156. The number of aliphatic hydroxyl groups is 2. The molecule has 0 aromatic carbocycles. The molecular formula is C10H19N5O4. The molecule has 3 aliphatic heterocycles. The fourth-order valence-corrected chi connectivity index (χ4v) is 2.87. The van der Waals surface area contributed by atoms with Crippen molar-refractivity contribution in [3.05, 3.63) is 0 Å². The Labute approximate surface area is 110 Å². The Bertz CT molecular complexity index is 370. The van der Waals surface area contributed by atoms with Crippen LogP contribution < -0.4 is 21.7 Å². The van der Waals surface area contributed by atoms with E-state index in [9.17, 15) is 9.90 Å². The lowest BCUT2D eigenvalue weighted by molar-refractivity contribution is -0.130. The minimum atomic E-state index is -0.694. The van der Waals surface area contributed by atoms with E-state index in [1.165, 1.54) is 0 Å². The number of hydrogen-bond acceptors (Lipinski definition) is 8. The summed E-state index contributed by atoms with van der Waals surface area (Å²) >= 11 is 0. The fourth-order valence-electron chi connectivity index (χ4n) is 2.87. The van der Waals surface area contributed by atoms with Crippen LogP contribution in [0.2, 0.25) is 0 Å². The number of aliphatic hydroxyl groups excluding tert-OH is 2. The summed E-state index contributed by atoms with van der Waals surface area (Å²) in [7, 11) is 0. The first kappa shape index (κ1) is 13.2. The van der Waals surface area contributed by atoms with E-state index in [-0.39, 0.29) is 24.9 Å². The molecule has 6 atom stereocenters. The van der Waals surface area contributed by atoms with E-state index < -0.39 is 24.5 Å². The van der Waals surface area contributed by atoms with Crippen LogP contribution in [-0.4, -0.2) is 71.2 Å². The van der Waals surface area contributed by atoms with Crippen LogP contribution in [0.5, 0.6) is 0 Å². The molecule has 3 saturated heterocycles. The van der Waals surface area contributed by atoms with Crippen molar-refractivity contribution in [3.63, 3.8) is 0 Å². The molecule has 0 spiro atoms. The van der Waals surface area contributed by atoms with Gasteiger partial charge in [-0.2, -0.15) is 0 Å². The summed E-state index contributed by atoms with van der Waals surface area (Å²) in [4.78, 5) is 13.7. The zero-order valence-electron chi connectivity index (χ0n) is 10.3. The Morgan fingerprint density at radius 1 is 1.53 bits per heavy atom. The number of nitrogens with zero attached hydrogens (tertiary/aromatic N) is 1. The third-order valence-electron chi connectivity index (χ3n) is 3.85. The van der Waals surface area contributed by atoms with E-state index >= 15 is 0 Å². The molecule has 3 rings (SSSR count). The van der Waals surface area contributed by atoms with Crippen molar-refractivity contribution < 1.29 is 19.7 Å². The van der Waals surface area contributed by atoms with Gasteiger partial charge in [-0.15, -0.1) is 0 Å². The number of rotatable bonds is 2. The van der Waals surface area contributed by atoms with Crippen LogP contribution in [0.15, 0.2) is 0 Å². The topological polar surface area (TPSA) is 132 Å². The molecule has 3 heterocycles. The van der Waals surface area contributed by atoms with Gasteiger partial charge in [-0.1, -0.05) is 0 Å². The maximum atomic E-state index is 11.8. The second-order valence-corrected chi connectivity index (χ2v) is 5.07. The van der Waals surface area contributed by atoms with Crippen molar-refractivity contribution in [1.82, 2.24) is 20.9 Å². The number of fused-ring (bicyclic) bond motifs is 1. The standard InChI is InChI=1S/C10H19N5O4/c11-10-13-8-7(9(18)14-10)12-3-15(8)6-1-4(17)5(2-16)19-6/h4-8,10,12-13,16-17H,1-3,11H2,(H,14,18)/t4-,5+,6-,7?,8?,10?/m0/s1. The highest BCUT2D eigenvalue weighted by molar-refractivity contribution is 5.83. The zero-order chi connectivity index (χ0) is 13.6. The Kier molecular flexibility index (Phi) is 3.43. The van der Waals surface area contributed by atoms with E-state index in [0.29, 0.717) is 13.1 Å². The van der Waals surface area contributed by atoms with Gasteiger partial charge >= 0.3 is 0 Å². The van der Waals surface area contributed by atoms with Gasteiger partial charge in [0.15, 0.2) is 0 Å². The number of carbonyl (C=O) groups excluding carboxylic acids is 1. The van der Waals surface area contributed by atoms with E-state index in [2.05, 4.69) is 16.0 Å². The number of carbonyl (C=O) groups is 1. The normalized spacial score (nSPS) is 47.2. The molecule has 108 valence electrons. The summed E-state index contributed by atoms with van der Waals surface area (Å²) < 4.78 is 5.60. The minimum Gasteiger partial charge on any atom is -0.394 e. The molecule has 0 aromatic heterocycles. The Balaban J connectivity index is 1.71.